The van der Waals surface area contributed by atoms with E-state index < -0.39 is 17.4 Å². The number of amides is 2. The van der Waals surface area contributed by atoms with Gasteiger partial charge in [0.2, 0.25) is 5.66 Å². The Morgan fingerprint density at radius 2 is 1.79 bits per heavy atom. The Morgan fingerprint density at radius 1 is 1.00 bits per heavy atom. The van der Waals surface area contributed by atoms with Crippen molar-refractivity contribution in [1.82, 2.24) is 0 Å². The topological polar surface area (TPSA) is 61.4 Å². The summed E-state index contributed by atoms with van der Waals surface area (Å²) in [5.74, 6) is -1.39. The SMILES string of the molecule is Cc1ccc2c(c1)[C@@]1(Nc3ccccc3C(=O)N1c1ccc(F)c(Cl)c1)C(=O)N2. The number of halogens is 2. The molecule has 0 saturated heterocycles. The number of benzene rings is 3. The summed E-state index contributed by atoms with van der Waals surface area (Å²) in [6, 6.07) is 16.5. The number of anilines is 3. The van der Waals surface area contributed by atoms with Gasteiger partial charge >= 0.3 is 0 Å². The Bertz CT molecular complexity index is 1210. The maximum absolute atomic E-state index is 13.8. The largest absolute Gasteiger partial charge is 0.350 e. The van der Waals surface area contributed by atoms with Crippen LogP contribution in [-0.2, 0) is 10.5 Å². The van der Waals surface area contributed by atoms with E-state index in [0.29, 0.717) is 28.2 Å². The van der Waals surface area contributed by atoms with E-state index in [9.17, 15) is 14.0 Å². The van der Waals surface area contributed by atoms with Crippen LogP contribution in [0.5, 0.6) is 0 Å². The van der Waals surface area contributed by atoms with Crippen LogP contribution in [0.4, 0.5) is 21.5 Å². The number of para-hydroxylation sites is 1. The van der Waals surface area contributed by atoms with Crippen molar-refractivity contribution in [3.63, 3.8) is 0 Å². The van der Waals surface area contributed by atoms with Crippen molar-refractivity contribution in [2.75, 3.05) is 15.5 Å². The van der Waals surface area contributed by atoms with Gasteiger partial charge in [-0.1, -0.05) is 35.4 Å². The fourth-order valence-corrected chi connectivity index (χ4v) is 4.16. The molecular formula is C22H15ClFN3O2. The highest BCUT2D eigenvalue weighted by Gasteiger charge is 2.57. The molecule has 1 spiro atoms. The first-order valence-corrected chi connectivity index (χ1v) is 9.39. The minimum absolute atomic E-state index is 0.132. The monoisotopic (exact) mass is 407 g/mol. The van der Waals surface area contributed by atoms with Gasteiger partial charge in [-0.2, -0.15) is 0 Å². The zero-order valence-corrected chi connectivity index (χ0v) is 16.0. The van der Waals surface area contributed by atoms with Gasteiger partial charge in [0.1, 0.15) is 5.82 Å². The van der Waals surface area contributed by atoms with Crippen molar-refractivity contribution < 1.29 is 14.0 Å². The average molecular weight is 408 g/mol. The van der Waals surface area contributed by atoms with Crippen LogP contribution in [0.1, 0.15) is 21.5 Å². The molecule has 0 saturated carbocycles. The highest BCUT2D eigenvalue weighted by molar-refractivity contribution is 6.31. The van der Waals surface area contributed by atoms with Crippen molar-refractivity contribution in [2.24, 2.45) is 0 Å². The second-order valence-corrected chi connectivity index (χ2v) is 7.53. The average Bonchev–Trinajstić information content (AvgIpc) is 2.96. The molecular weight excluding hydrogens is 393 g/mol. The maximum atomic E-state index is 13.8. The quantitative estimate of drug-likeness (QED) is 0.616. The number of fused-ring (bicyclic) bond motifs is 3. The molecule has 2 amide bonds. The van der Waals surface area contributed by atoms with Crippen molar-refractivity contribution in [3.05, 3.63) is 88.2 Å². The molecule has 5 rings (SSSR count). The van der Waals surface area contributed by atoms with Crippen LogP contribution >= 0.6 is 11.6 Å². The van der Waals surface area contributed by atoms with Crippen molar-refractivity contribution in [3.8, 4) is 0 Å². The predicted molar refractivity (Wildman–Crippen MR) is 110 cm³/mol. The van der Waals surface area contributed by atoms with Gasteiger partial charge in [0.15, 0.2) is 0 Å². The number of hydrogen-bond donors (Lipinski definition) is 2. The molecule has 144 valence electrons. The van der Waals surface area contributed by atoms with Crippen molar-refractivity contribution >= 4 is 40.5 Å². The Kier molecular flexibility index (Phi) is 3.70. The minimum Gasteiger partial charge on any atom is -0.350 e. The number of carbonyl (C=O) groups excluding carboxylic acids is 2. The van der Waals surface area contributed by atoms with E-state index in [-0.39, 0.29) is 10.9 Å². The molecule has 5 nitrogen and oxygen atoms in total. The molecule has 2 N–H and O–H groups in total. The summed E-state index contributed by atoms with van der Waals surface area (Å²) in [7, 11) is 0. The molecule has 0 aromatic heterocycles. The van der Waals surface area contributed by atoms with Gasteiger partial charge in [0.05, 0.1) is 10.6 Å². The van der Waals surface area contributed by atoms with E-state index >= 15 is 0 Å². The normalized spacial score (nSPS) is 19.6. The van der Waals surface area contributed by atoms with Gasteiger partial charge in [0, 0.05) is 22.6 Å². The highest BCUT2D eigenvalue weighted by Crippen LogP contribution is 2.47. The lowest BCUT2D eigenvalue weighted by Gasteiger charge is -2.44. The fourth-order valence-electron chi connectivity index (χ4n) is 3.98. The molecule has 0 aliphatic carbocycles. The zero-order valence-electron chi connectivity index (χ0n) is 15.3. The molecule has 0 bridgehead atoms. The van der Waals surface area contributed by atoms with Gasteiger partial charge in [-0.3, -0.25) is 14.5 Å². The van der Waals surface area contributed by atoms with Crippen LogP contribution in [0.25, 0.3) is 0 Å². The minimum atomic E-state index is -1.52. The molecule has 0 radical (unpaired) electrons. The number of carbonyl (C=O) groups is 2. The summed E-state index contributed by atoms with van der Waals surface area (Å²) >= 11 is 6.00. The first-order valence-electron chi connectivity index (χ1n) is 9.01. The molecule has 7 heteroatoms. The van der Waals surface area contributed by atoms with E-state index in [1.165, 1.54) is 23.1 Å². The highest BCUT2D eigenvalue weighted by atomic mass is 35.5. The van der Waals surface area contributed by atoms with Crippen LogP contribution in [0.15, 0.2) is 60.7 Å². The summed E-state index contributed by atoms with van der Waals surface area (Å²) in [4.78, 5) is 28.3. The number of nitrogens with one attached hydrogen (secondary N) is 2. The second-order valence-electron chi connectivity index (χ2n) is 7.12. The molecule has 29 heavy (non-hydrogen) atoms. The summed E-state index contributed by atoms with van der Waals surface area (Å²) in [6.07, 6.45) is 0. The van der Waals surface area contributed by atoms with Gasteiger partial charge in [-0.05, 0) is 49.4 Å². The lowest BCUT2D eigenvalue weighted by molar-refractivity contribution is -0.119. The number of rotatable bonds is 1. The maximum Gasteiger partial charge on any atom is 0.276 e. The summed E-state index contributed by atoms with van der Waals surface area (Å²) in [6.45, 7) is 1.91. The summed E-state index contributed by atoms with van der Waals surface area (Å²) < 4.78 is 13.8. The molecule has 1 atom stereocenters. The van der Waals surface area contributed by atoms with Gasteiger partial charge in [-0.15, -0.1) is 0 Å². The molecule has 2 aliphatic rings. The number of nitrogens with zero attached hydrogens (tertiary/aromatic N) is 1. The molecule has 2 aliphatic heterocycles. The first-order chi connectivity index (χ1) is 13.9. The molecule has 2 heterocycles. The Labute approximate surface area is 171 Å². The molecule has 0 unspecified atom stereocenters. The Balaban J connectivity index is 1.83. The van der Waals surface area contributed by atoms with Gasteiger partial charge in [0.25, 0.3) is 11.8 Å². The zero-order chi connectivity index (χ0) is 20.3. The van der Waals surface area contributed by atoms with E-state index in [1.807, 2.05) is 19.1 Å². The molecule has 3 aromatic carbocycles. The second kappa shape index (κ2) is 6.06. The third-order valence-electron chi connectivity index (χ3n) is 5.31. The standard InChI is InChI=1S/C22H15ClFN3O2/c1-12-6-9-19-15(10-12)22(21(29)25-19)26-18-5-3-2-4-14(18)20(28)27(22)13-7-8-17(24)16(23)11-13/h2-11,26H,1H3,(H,25,29)/t22-/m0/s1. The van der Waals surface area contributed by atoms with Crippen molar-refractivity contribution in [2.45, 2.75) is 12.6 Å². The van der Waals surface area contributed by atoms with Crippen LogP contribution in [0, 0.1) is 12.7 Å². The van der Waals surface area contributed by atoms with E-state index in [4.69, 9.17) is 11.6 Å². The van der Waals surface area contributed by atoms with Crippen molar-refractivity contribution in [1.29, 1.82) is 0 Å². The first kappa shape index (κ1) is 17.7. The third-order valence-corrected chi connectivity index (χ3v) is 5.60. The Hall–Kier alpha value is -3.38. The van der Waals surface area contributed by atoms with E-state index in [0.717, 1.165) is 5.56 Å². The Morgan fingerprint density at radius 3 is 2.59 bits per heavy atom. The van der Waals surface area contributed by atoms with Crippen LogP contribution in [0.3, 0.4) is 0 Å². The predicted octanol–water partition coefficient (Wildman–Crippen LogP) is 4.66. The molecule has 3 aromatic rings. The number of hydrogen-bond acceptors (Lipinski definition) is 3. The van der Waals surface area contributed by atoms with Crippen LogP contribution < -0.4 is 15.5 Å². The third kappa shape index (κ3) is 2.39. The van der Waals surface area contributed by atoms with Crippen LogP contribution in [0.2, 0.25) is 5.02 Å². The fraction of sp³-hybridized carbons (Fsp3) is 0.0909. The lowest BCUT2D eigenvalue weighted by Crippen LogP contribution is -2.61. The van der Waals surface area contributed by atoms with Gasteiger partial charge in [-0.25, -0.2) is 4.39 Å². The lowest BCUT2D eigenvalue weighted by atomic mass is 9.91. The van der Waals surface area contributed by atoms with E-state index in [1.54, 1.807) is 30.3 Å². The van der Waals surface area contributed by atoms with Gasteiger partial charge < -0.3 is 10.6 Å². The summed E-state index contributed by atoms with van der Waals surface area (Å²) in [5, 5.41) is 6.00. The van der Waals surface area contributed by atoms with Crippen LogP contribution in [-0.4, -0.2) is 11.8 Å². The number of aryl methyl sites for hydroxylation is 1. The smallest absolute Gasteiger partial charge is 0.276 e. The molecule has 0 fully saturated rings. The summed E-state index contributed by atoms with van der Waals surface area (Å²) in [5.41, 5.74) is 1.91. The van der Waals surface area contributed by atoms with E-state index in [2.05, 4.69) is 10.6 Å².